The van der Waals surface area contributed by atoms with Crippen molar-refractivity contribution in [3.63, 3.8) is 0 Å². The van der Waals surface area contributed by atoms with Gasteiger partial charge in [0.15, 0.2) is 0 Å². The van der Waals surface area contributed by atoms with Gasteiger partial charge in [-0.3, -0.25) is 0 Å². The van der Waals surface area contributed by atoms with Gasteiger partial charge in [-0.25, -0.2) is 0 Å². The first-order valence-electron chi connectivity index (χ1n) is 4.13. The van der Waals surface area contributed by atoms with Gasteiger partial charge in [0.05, 0.1) is 17.7 Å². The number of nitrogens with two attached hydrogens (primary N) is 2. The van der Waals surface area contributed by atoms with Gasteiger partial charge in [-0.05, 0) is 19.3 Å². The summed E-state index contributed by atoms with van der Waals surface area (Å²) >= 11 is -0.472. The second-order valence-electron chi connectivity index (χ2n) is 3.51. The van der Waals surface area contributed by atoms with Crippen molar-refractivity contribution in [2.45, 2.75) is 37.0 Å². The molecule has 0 aromatic rings. The van der Waals surface area contributed by atoms with E-state index in [9.17, 15) is 0 Å². The van der Waals surface area contributed by atoms with E-state index in [-0.39, 0.29) is 11.6 Å². The molecule has 0 aromatic carbocycles. The first-order chi connectivity index (χ1) is 6.16. The molecule has 6 heteroatoms. The molecule has 2 rings (SSSR count). The van der Waals surface area contributed by atoms with Crippen LogP contribution in [-0.4, -0.2) is 24.3 Å². The van der Waals surface area contributed by atoms with Crippen LogP contribution < -0.4 is 11.5 Å². The molecule has 0 saturated carbocycles. The van der Waals surface area contributed by atoms with E-state index in [0.717, 1.165) is 12.8 Å². The molecular formula is C7H14Cl2N2OPt. The van der Waals surface area contributed by atoms with Gasteiger partial charge in [-0.2, -0.15) is 0 Å². The predicted molar refractivity (Wildman–Crippen MR) is 50.2 cm³/mol. The van der Waals surface area contributed by atoms with Crippen molar-refractivity contribution in [3.05, 3.63) is 0 Å². The Morgan fingerprint density at radius 3 is 2.31 bits per heavy atom. The normalized spacial score (nSPS) is 41.8. The molecular weight excluding hydrogens is 394 g/mol. The van der Waals surface area contributed by atoms with Gasteiger partial charge in [0.25, 0.3) is 0 Å². The summed E-state index contributed by atoms with van der Waals surface area (Å²) in [6, 6.07) is 0. The van der Waals surface area contributed by atoms with Crippen molar-refractivity contribution in [2.75, 3.05) is 6.54 Å². The molecule has 4 N–H and O–H groups in total. The Bertz CT molecular complexity index is 175. The minimum atomic E-state index is -0.472. The molecule has 2 saturated heterocycles. The maximum atomic E-state index is 5.99. The van der Waals surface area contributed by atoms with Gasteiger partial charge >= 0.3 is 35.3 Å². The summed E-state index contributed by atoms with van der Waals surface area (Å²) < 4.78 is 5.57. The molecule has 2 heterocycles. The molecule has 13 heavy (non-hydrogen) atoms. The second-order valence-corrected chi connectivity index (χ2v) is 6.79. The van der Waals surface area contributed by atoms with Crippen molar-refractivity contribution < 1.29 is 21.2 Å². The van der Waals surface area contributed by atoms with Gasteiger partial charge in [-0.15, -0.1) is 0 Å². The summed E-state index contributed by atoms with van der Waals surface area (Å²) in [7, 11) is 9.75. The third-order valence-corrected chi connectivity index (χ3v) is 2.74. The van der Waals surface area contributed by atoms with Crippen LogP contribution in [0.3, 0.4) is 0 Å². The van der Waals surface area contributed by atoms with Crippen LogP contribution in [0.15, 0.2) is 0 Å². The zero-order valence-corrected chi connectivity index (χ0v) is 10.9. The Morgan fingerprint density at radius 2 is 2.08 bits per heavy atom. The summed E-state index contributed by atoms with van der Waals surface area (Å²) in [4.78, 5) is 0. The van der Waals surface area contributed by atoms with Crippen molar-refractivity contribution in [1.29, 1.82) is 0 Å². The van der Waals surface area contributed by atoms with E-state index in [1.54, 1.807) is 0 Å². The zero-order valence-electron chi connectivity index (χ0n) is 7.12. The van der Waals surface area contributed by atoms with E-state index in [4.69, 9.17) is 35.0 Å². The van der Waals surface area contributed by atoms with Crippen molar-refractivity contribution >= 4 is 18.8 Å². The molecule has 0 radical (unpaired) electrons. The number of fused-ring (bicyclic) bond motifs is 2. The molecule has 0 aliphatic carbocycles. The van der Waals surface area contributed by atoms with E-state index in [2.05, 4.69) is 0 Å². The quantitative estimate of drug-likeness (QED) is 0.680. The Morgan fingerprint density at radius 1 is 1.46 bits per heavy atom. The van der Waals surface area contributed by atoms with E-state index < -0.39 is 16.5 Å². The van der Waals surface area contributed by atoms with Gasteiger partial charge < -0.3 is 16.2 Å². The zero-order chi connectivity index (χ0) is 9.90. The van der Waals surface area contributed by atoms with Gasteiger partial charge in [-0.1, -0.05) is 0 Å². The molecule has 3 nitrogen and oxygen atoms in total. The number of ether oxygens (including phenoxy) is 1. The minimum absolute atomic E-state index is 0.192. The molecule has 2 aliphatic rings. The predicted octanol–water partition coefficient (Wildman–Crippen LogP) is 0.970. The first kappa shape index (κ1) is 12.2. The van der Waals surface area contributed by atoms with Crippen LogP contribution in [0.4, 0.5) is 0 Å². The molecule has 2 bridgehead atoms. The SMILES string of the molecule is NCC1(N)C[C@@H]2CC[C@H]1O2.[Cl][Pt][Cl]. The summed E-state index contributed by atoms with van der Waals surface area (Å²) in [5, 5.41) is 0. The number of hydrogen-bond acceptors (Lipinski definition) is 3. The molecule has 2 aliphatic heterocycles. The van der Waals surface area contributed by atoms with Crippen LogP contribution in [0.25, 0.3) is 0 Å². The average molecular weight is 408 g/mol. The van der Waals surface area contributed by atoms with Crippen molar-refractivity contribution in [2.24, 2.45) is 11.5 Å². The molecule has 2 fully saturated rings. The van der Waals surface area contributed by atoms with Crippen LogP contribution in [0.5, 0.6) is 0 Å². The summed E-state index contributed by atoms with van der Waals surface area (Å²) in [6.45, 7) is 0.564. The molecule has 82 valence electrons. The number of rotatable bonds is 1. The van der Waals surface area contributed by atoms with Crippen LogP contribution in [-0.2, 0) is 21.2 Å². The van der Waals surface area contributed by atoms with Gasteiger partial charge in [0, 0.05) is 6.54 Å². The third-order valence-electron chi connectivity index (χ3n) is 2.74. The fourth-order valence-electron chi connectivity index (χ4n) is 2.05. The van der Waals surface area contributed by atoms with E-state index >= 15 is 0 Å². The van der Waals surface area contributed by atoms with Crippen LogP contribution in [0.2, 0.25) is 0 Å². The molecule has 1 unspecified atom stereocenters. The Kier molecular flexibility index (Phi) is 4.97. The van der Waals surface area contributed by atoms with Crippen LogP contribution >= 0.6 is 18.8 Å². The van der Waals surface area contributed by atoms with Crippen LogP contribution in [0, 0.1) is 0 Å². The molecule has 0 spiro atoms. The van der Waals surface area contributed by atoms with E-state index in [1.807, 2.05) is 0 Å². The molecule has 0 amide bonds. The monoisotopic (exact) mass is 407 g/mol. The van der Waals surface area contributed by atoms with Crippen LogP contribution in [0.1, 0.15) is 19.3 Å². The third kappa shape index (κ3) is 2.80. The standard InChI is InChI=1S/C7H14N2O.2ClH.Pt/c8-4-7(9)3-5-1-2-6(7)10-5;;;/h5-6H,1-4,8-9H2;2*1H;/q;;;+2/p-2/t5-,6+,7?;;;/m0.../s1. The summed E-state index contributed by atoms with van der Waals surface area (Å²) in [5.74, 6) is 0. The Hall–Kier alpha value is 1.15. The Balaban J connectivity index is 0.000000251. The topological polar surface area (TPSA) is 61.3 Å². The van der Waals surface area contributed by atoms with Crippen molar-refractivity contribution in [3.8, 4) is 0 Å². The number of halogens is 2. The van der Waals surface area contributed by atoms with Crippen molar-refractivity contribution in [1.82, 2.24) is 0 Å². The average Bonchev–Trinajstić information content (AvgIpc) is 2.65. The fraction of sp³-hybridized carbons (Fsp3) is 1.00. The Labute approximate surface area is 94.8 Å². The van der Waals surface area contributed by atoms with E-state index in [0.29, 0.717) is 12.6 Å². The first-order valence-corrected chi connectivity index (χ1v) is 9.76. The van der Waals surface area contributed by atoms with Gasteiger partial charge in [0.1, 0.15) is 0 Å². The summed E-state index contributed by atoms with van der Waals surface area (Å²) in [5.41, 5.74) is 11.4. The molecule has 0 aromatic heterocycles. The van der Waals surface area contributed by atoms with Gasteiger partial charge in [0.2, 0.25) is 0 Å². The number of hydrogen-bond donors (Lipinski definition) is 2. The maximum absolute atomic E-state index is 5.99. The molecule has 3 atom stereocenters. The summed E-state index contributed by atoms with van der Waals surface area (Å²) in [6.07, 6.45) is 3.93. The second kappa shape index (κ2) is 5.29. The fourth-order valence-corrected chi connectivity index (χ4v) is 2.05. The van der Waals surface area contributed by atoms with E-state index in [1.165, 1.54) is 6.42 Å².